The Bertz CT molecular complexity index is 496. The van der Waals surface area contributed by atoms with Gasteiger partial charge in [0.25, 0.3) is 0 Å². The van der Waals surface area contributed by atoms with Gasteiger partial charge in [-0.25, -0.2) is 9.59 Å². The Morgan fingerprint density at radius 1 is 1.57 bits per heavy atom. The lowest BCUT2D eigenvalue weighted by molar-refractivity contribution is -0.139. The number of nitrogens with one attached hydrogen (secondary N) is 2. The van der Waals surface area contributed by atoms with E-state index in [9.17, 15) is 14.7 Å². The molecular weight excluding hydrogens is 276 g/mol. The molecule has 2 heterocycles. The molecule has 3 N–H and O–H groups in total. The summed E-state index contributed by atoms with van der Waals surface area (Å²) in [7, 11) is 1.68. The number of amides is 2. The summed E-state index contributed by atoms with van der Waals surface area (Å²) >= 11 is 0. The molecule has 0 radical (unpaired) electrons. The number of rotatable bonds is 5. The van der Waals surface area contributed by atoms with Crippen LogP contribution in [0.1, 0.15) is 30.9 Å². The van der Waals surface area contributed by atoms with Crippen LogP contribution in [0.3, 0.4) is 0 Å². The highest BCUT2D eigenvalue weighted by atomic mass is 16.5. The van der Waals surface area contributed by atoms with E-state index in [0.717, 1.165) is 19.3 Å². The highest BCUT2D eigenvalue weighted by Gasteiger charge is 2.24. The van der Waals surface area contributed by atoms with E-state index in [2.05, 4.69) is 15.7 Å². The normalized spacial score (nSPS) is 19.8. The summed E-state index contributed by atoms with van der Waals surface area (Å²) < 4.78 is 6.98. The molecule has 0 aromatic carbocycles. The summed E-state index contributed by atoms with van der Waals surface area (Å²) in [5.41, 5.74) is 0.425. The fourth-order valence-electron chi connectivity index (χ4n) is 2.23. The van der Waals surface area contributed by atoms with Crippen molar-refractivity contribution in [2.24, 2.45) is 7.05 Å². The van der Waals surface area contributed by atoms with Crippen LogP contribution < -0.4 is 10.6 Å². The fourth-order valence-corrected chi connectivity index (χ4v) is 2.23. The lowest BCUT2D eigenvalue weighted by atomic mass is 10.1. The van der Waals surface area contributed by atoms with Gasteiger partial charge in [-0.1, -0.05) is 0 Å². The average Bonchev–Trinajstić information content (AvgIpc) is 2.89. The maximum Gasteiger partial charge on any atom is 0.331 e. The van der Waals surface area contributed by atoms with Crippen molar-refractivity contribution in [1.82, 2.24) is 20.4 Å². The first-order valence-electron chi connectivity index (χ1n) is 6.93. The number of aliphatic carboxylic acids is 1. The van der Waals surface area contributed by atoms with E-state index in [1.165, 1.54) is 10.9 Å². The molecule has 8 heteroatoms. The van der Waals surface area contributed by atoms with Crippen LogP contribution in [0.2, 0.25) is 0 Å². The van der Waals surface area contributed by atoms with E-state index in [-0.39, 0.29) is 6.10 Å². The maximum absolute atomic E-state index is 11.8. The van der Waals surface area contributed by atoms with Crippen LogP contribution in [-0.4, -0.2) is 46.1 Å². The van der Waals surface area contributed by atoms with Gasteiger partial charge in [-0.2, -0.15) is 5.10 Å². The second-order valence-corrected chi connectivity index (χ2v) is 5.06. The van der Waals surface area contributed by atoms with Crippen LogP contribution in [0.15, 0.2) is 12.4 Å². The molecular formula is C13H20N4O4. The second kappa shape index (κ2) is 7.07. The van der Waals surface area contributed by atoms with Crippen LogP contribution in [0, 0.1) is 0 Å². The number of ether oxygens (including phenoxy) is 1. The molecule has 1 saturated heterocycles. The first kappa shape index (κ1) is 15.3. The molecule has 1 aromatic heterocycles. The minimum atomic E-state index is -1.13. The van der Waals surface area contributed by atoms with Crippen molar-refractivity contribution in [1.29, 1.82) is 0 Å². The number of hydrogen-bond acceptors (Lipinski definition) is 4. The predicted molar refractivity (Wildman–Crippen MR) is 73.7 cm³/mol. The molecule has 8 nitrogen and oxygen atoms in total. The lowest BCUT2D eigenvalue weighted by Crippen LogP contribution is -2.44. The van der Waals surface area contributed by atoms with Crippen molar-refractivity contribution in [3.63, 3.8) is 0 Å². The molecule has 2 rings (SSSR count). The Morgan fingerprint density at radius 3 is 2.95 bits per heavy atom. The van der Waals surface area contributed by atoms with E-state index >= 15 is 0 Å². The topological polar surface area (TPSA) is 105 Å². The van der Waals surface area contributed by atoms with Gasteiger partial charge in [-0.15, -0.1) is 0 Å². The first-order valence-corrected chi connectivity index (χ1v) is 6.93. The number of aromatic nitrogens is 2. The fraction of sp³-hybridized carbons (Fsp3) is 0.615. The van der Waals surface area contributed by atoms with Crippen LogP contribution in [0.25, 0.3) is 0 Å². The molecule has 0 bridgehead atoms. The summed E-state index contributed by atoms with van der Waals surface area (Å²) in [5.74, 6) is -1.13. The van der Waals surface area contributed by atoms with Crippen molar-refractivity contribution in [2.75, 3.05) is 13.2 Å². The first-order chi connectivity index (χ1) is 10.1. The Labute approximate surface area is 122 Å². The van der Waals surface area contributed by atoms with Gasteiger partial charge in [-0.3, -0.25) is 4.68 Å². The van der Waals surface area contributed by atoms with Gasteiger partial charge >= 0.3 is 12.0 Å². The van der Waals surface area contributed by atoms with Crippen LogP contribution >= 0.6 is 0 Å². The average molecular weight is 296 g/mol. The van der Waals surface area contributed by atoms with E-state index in [0.29, 0.717) is 18.7 Å². The summed E-state index contributed by atoms with van der Waals surface area (Å²) in [4.78, 5) is 23.1. The SMILES string of the molecule is Cn1cc(C(NC(=O)NCC2CCCCO2)C(=O)O)cn1. The quantitative estimate of drug-likeness (QED) is 0.730. The molecule has 1 aliphatic rings. The molecule has 0 spiro atoms. The Morgan fingerprint density at radius 2 is 2.38 bits per heavy atom. The van der Waals surface area contributed by atoms with Crippen LogP contribution in [0.4, 0.5) is 4.79 Å². The number of hydrogen-bond donors (Lipinski definition) is 3. The zero-order chi connectivity index (χ0) is 15.2. The van der Waals surface area contributed by atoms with Crippen molar-refractivity contribution >= 4 is 12.0 Å². The molecule has 2 unspecified atom stereocenters. The van der Waals surface area contributed by atoms with Crippen molar-refractivity contribution < 1.29 is 19.4 Å². The monoisotopic (exact) mass is 296 g/mol. The molecule has 2 amide bonds. The number of carbonyl (C=O) groups excluding carboxylic acids is 1. The van der Waals surface area contributed by atoms with Gasteiger partial charge in [0.15, 0.2) is 6.04 Å². The summed E-state index contributed by atoms with van der Waals surface area (Å²) in [6.45, 7) is 1.09. The molecule has 21 heavy (non-hydrogen) atoms. The zero-order valence-electron chi connectivity index (χ0n) is 11.9. The van der Waals surface area contributed by atoms with Crippen LogP contribution in [-0.2, 0) is 16.6 Å². The molecule has 1 aliphatic heterocycles. The second-order valence-electron chi connectivity index (χ2n) is 5.06. The van der Waals surface area contributed by atoms with Gasteiger partial charge in [0.2, 0.25) is 0 Å². The van der Waals surface area contributed by atoms with Crippen molar-refractivity contribution in [2.45, 2.75) is 31.4 Å². The number of carboxylic acids is 1. The number of carbonyl (C=O) groups is 2. The van der Waals surface area contributed by atoms with Crippen molar-refractivity contribution in [3.8, 4) is 0 Å². The van der Waals surface area contributed by atoms with Gasteiger partial charge in [0.1, 0.15) is 0 Å². The van der Waals surface area contributed by atoms with E-state index in [4.69, 9.17) is 4.74 Å². The van der Waals surface area contributed by atoms with Gasteiger partial charge in [-0.05, 0) is 19.3 Å². The minimum absolute atomic E-state index is 0.00571. The van der Waals surface area contributed by atoms with Crippen molar-refractivity contribution in [3.05, 3.63) is 18.0 Å². The standard InChI is InChI=1S/C13H20N4O4/c1-17-8-9(6-15-17)11(12(18)19)16-13(20)14-7-10-4-2-3-5-21-10/h6,8,10-11H,2-5,7H2,1H3,(H,18,19)(H2,14,16,20). The number of urea groups is 1. The summed E-state index contributed by atoms with van der Waals surface area (Å²) in [6, 6.07) is -1.65. The molecule has 0 saturated carbocycles. The third kappa shape index (κ3) is 4.45. The van der Waals surface area contributed by atoms with E-state index in [1.807, 2.05) is 0 Å². The van der Waals surface area contributed by atoms with Gasteiger partial charge in [0.05, 0.1) is 12.3 Å². The number of nitrogens with zero attached hydrogens (tertiary/aromatic N) is 2. The summed E-state index contributed by atoms with van der Waals surface area (Å²) in [6.07, 6.45) is 6.02. The lowest BCUT2D eigenvalue weighted by Gasteiger charge is -2.23. The van der Waals surface area contributed by atoms with Gasteiger partial charge < -0.3 is 20.5 Å². The van der Waals surface area contributed by atoms with Gasteiger partial charge in [0, 0.05) is 32.0 Å². The predicted octanol–water partition coefficient (Wildman–Crippen LogP) is 0.414. The molecule has 116 valence electrons. The molecule has 1 fully saturated rings. The number of carboxylic acid groups (broad SMARTS) is 1. The number of aryl methyl sites for hydroxylation is 1. The third-order valence-corrected chi connectivity index (χ3v) is 3.34. The van der Waals surface area contributed by atoms with Crippen LogP contribution in [0.5, 0.6) is 0 Å². The molecule has 2 atom stereocenters. The largest absolute Gasteiger partial charge is 0.479 e. The zero-order valence-corrected chi connectivity index (χ0v) is 11.9. The Kier molecular flexibility index (Phi) is 5.15. The third-order valence-electron chi connectivity index (χ3n) is 3.34. The minimum Gasteiger partial charge on any atom is -0.479 e. The Balaban J connectivity index is 1.85. The Hall–Kier alpha value is -2.09. The molecule has 0 aliphatic carbocycles. The summed E-state index contributed by atoms with van der Waals surface area (Å²) in [5, 5.41) is 18.2. The molecule has 1 aromatic rings. The van der Waals surface area contributed by atoms with E-state index < -0.39 is 18.0 Å². The highest BCUT2D eigenvalue weighted by molar-refractivity contribution is 5.83. The highest BCUT2D eigenvalue weighted by Crippen LogP contribution is 2.13. The maximum atomic E-state index is 11.8. The van der Waals surface area contributed by atoms with E-state index in [1.54, 1.807) is 13.2 Å². The smallest absolute Gasteiger partial charge is 0.331 e.